The van der Waals surface area contributed by atoms with Gasteiger partial charge in [0.25, 0.3) is 0 Å². The number of nitrogens with one attached hydrogen (secondary N) is 1. The Morgan fingerprint density at radius 1 is 1.22 bits per heavy atom. The molecule has 1 aliphatic rings. The van der Waals surface area contributed by atoms with Gasteiger partial charge in [-0.1, -0.05) is 20.3 Å². The lowest BCUT2D eigenvalue weighted by molar-refractivity contribution is -0.122. The molecule has 0 unspecified atom stereocenters. The van der Waals surface area contributed by atoms with Crippen LogP contribution in [0.25, 0.3) is 0 Å². The van der Waals surface area contributed by atoms with Crippen LogP contribution in [-0.4, -0.2) is 36.0 Å². The first kappa shape index (κ1) is 15.5. The normalized spacial score (nSPS) is 18.1. The Morgan fingerprint density at radius 3 is 2.39 bits per heavy atom. The summed E-state index contributed by atoms with van der Waals surface area (Å²) in [7, 11) is 0. The van der Waals surface area contributed by atoms with Crippen LogP contribution in [0.2, 0.25) is 0 Å². The maximum Gasteiger partial charge on any atom is 0.220 e. The lowest BCUT2D eigenvalue weighted by Gasteiger charge is -2.41. The van der Waals surface area contributed by atoms with Gasteiger partial charge < -0.3 is 5.32 Å². The van der Waals surface area contributed by atoms with E-state index in [1.165, 1.54) is 32.4 Å². The Morgan fingerprint density at radius 2 is 1.83 bits per heavy atom. The molecule has 1 fully saturated rings. The number of carbonyl (C=O) groups is 1. The third kappa shape index (κ3) is 5.38. The number of carbonyl (C=O) groups excluding carboxylic acids is 1. The molecule has 1 amide bonds. The molecule has 0 bridgehead atoms. The van der Waals surface area contributed by atoms with Crippen LogP contribution in [0.5, 0.6) is 0 Å². The zero-order valence-corrected chi connectivity index (χ0v) is 12.6. The number of hydrogen-bond acceptors (Lipinski definition) is 2. The standard InChI is InChI=1S/C15H30N2O/c1-13(2)8-9-14(18)16-12-15(3,4)17-10-6-5-7-11-17/h13H,5-12H2,1-4H3,(H,16,18). The molecule has 0 radical (unpaired) electrons. The fraction of sp³-hybridized carbons (Fsp3) is 0.933. The third-order valence-corrected chi connectivity index (χ3v) is 3.88. The summed E-state index contributed by atoms with van der Waals surface area (Å²) in [4.78, 5) is 14.3. The van der Waals surface area contributed by atoms with E-state index in [2.05, 4.69) is 37.9 Å². The zero-order valence-electron chi connectivity index (χ0n) is 12.6. The Bertz CT molecular complexity index is 255. The van der Waals surface area contributed by atoms with Gasteiger partial charge in [0, 0.05) is 18.5 Å². The lowest BCUT2D eigenvalue weighted by atomic mass is 9.98. The van der Waals surface area contributed by atoms with Crippen molar-refractivity contribution in [2.24, 2.45) is 5.92 Å². The van der Waals surface area contributed by atoms with E-state index in [1.807, 2.05) is 0 Å². The molecule has 1 N–H and O–H groups in total. The molecular formula is C15H30N2O. The Balaban J connectivity index is 2.29. The zero-order chi connectivity index (χ0) is 13.6. The van der Waals surface area contributed by atoms with Crippen LogP contribution in [0.4, 0.5) is 0 Å². The average Bonchev–Trinajstić information content (AvgIpc) is 2.35. The first-order chi connectivity index (χ1) is 8.42. The molecule has 3 heteroatoms. The van der Waals surface area contributed by atoms with Gasteiger partial charge in [-0.05, 0) is 52.1 Å². The highest BCUT2D eigenvalue weighted by Gasteiger charge is 2.28. The molecule has 1 aliphatic heterocycles. The Kier molecular flexibility index (Phi) is 6.13. The van der Waals surface area contributed by atoms with E-state index in [9.17, 15) is 4.79 Å². The van der Waals surface area contributed by atoms with E-state index in [-0.39, 0.29) is 11.4 Å². The van der Waals surface area contributed by atoms with Gasteiger partial charge in [0.05, 0.1) is 0 Å². The summed E-state index contributed by atoms with van der Waals surface area (Å²) >= 11 is 0. The van der Waals surface area contributed by atoms with E-state index >= 15 is 0 Å². The van der Waals surface area contributed by atoms with Gasteiger partial charge in [-0.25, -0.2) is 0 Å². The number of rotatable bonds is 6. The van der Waals surface area contributed by atoms with E-state index < -0.39 is 0 Å². The van der Waals surface area contributed by atoms with Crippen molar-refractivity contribution in [3.8, 4) is 0 Å². The maximum absolute atomic E-state index is 11.7. The van der Waals surface area contributed by atoms with Crippen LogP contribution in [0.1, 0.15) is 59.8 Å². The van der Waals surface area contributed by atoms with Crippen LogP contribution in [0.15, 0.2) is 0 Å². The fourth-order valence-electron chi connectivity index (χ4n) is 2.43. The summed E-state index contributed by atoms with van der Waals surface area (Å²) < 4.78 is 0. The van der Waals surface area contributed by atoms with Gasteiger partial charge in [0.1, 0.15) is 0 Å². The molecule has 1 rings (SSSR count). The summed E-state index contributed by atoms with van der Waals surface area (Å²) in [5, 5.41) is 3.09. The van der Waals surface area contributed by atoms with Crippen molar-refractivity contribution in [2.75, 3.05) is 19.6 Å². The number of piperidine rings is 1. The van der Waals surface area contributed by atoms with Gasteiger partial charge in [0.15, 0.2) is 0 Å². The predicted molar refractivity (Wildman–Crippen MR) is 76.6 cm³/mol. The summed E-state index contributed by atoms with van der Waals surface area (Å²) in [6.45, 7) is 11.9. The summed E-state index contributed by atoms with van der Waals surface area (Å²) in [5.41, 5.74) is 0.0912. The quantitative estimate of drug-likeness (QED) is 0.790. The molecule has 0 spiro atoms. The van der Waals surface area contributed by atoms with Gasteiger partial charge in [-0.3, -0.25) is 9.69 Å². The number of hydrogen-bond donors (Lipinski definition) is 1. The van der Waals surface area contributed by atoms with Crippen molar-refractivity contribution in [1.29, 1.82) is 0 Å². The summed E-state index contributed by atoms with van der Waals surface area (Å²) in [6.07, 6.45) is 5.59. The van der Waals surface area contributed by atoms with Gasteiger partial charge in [-0.2, -0.15) is 0 Å². The molecule has 1 heterocycles. The van der Waals surface area contributed by atoms with Crippen LogP contribution in [-0.2, 0) is 4.79 Å². The van der Waals surface area contributed by atoms with Crippen LogP contribution >= 0.6 is 0 Å². The highest BCUT2D eigenvalue weighted by molar-refractivity contribution is 5.75. The van der Waals surface area contributed by atoms with Crippen molar-refractivity contribution in [1.82, 2.24) is 10.2 Å². The number of likely N-dealkylation sites (tertiary alicyclic amines) is 1. The average molecular weight is 254 g/mol. The van der Waals surface area contributed by atoms with Crippen molar-refractivity contribution in [3.63, 3.8) is 0 Å². The van der Waals surface area contributed by atoms with E-state index in [0.29, 0.717) is 12.3 Å². The molecule has 0 aliphatic carbocycles. The second-order valence-electron chi connectivity index (χ2n) is 6.57. The Labute approximate surface area is 112 Å². The van der Waals surface area contributed by atoms with Crippen molar-refractivity contribution < 1.29 is 4.79 Å². The minimum Gasteiger partial charge on any atom is -0.354 e. The first-order valence-electron chi connectivity index (χ1n) is 7.43. The van der Waals surface area contributed by atoms with E-state index in [0.717, 1.165) is 13.0 Å². The van der Waals surface area contributed by atoms with E-state index in [1.54, 1.807) is 0 Å². The van der Waals surface area contributed by atoms with Crippen molar-refractivity contribution in [2.45, 2.75) is 65.3 Å². The SMILES string of the molecule is CC(C)CCC(=O)NCC(C)(C)N1CCCCC1. The van der Waals surface area contributed by atoms with Crippen LogP contribution in [0, 0.1) is 5.92 Å². The minimum absolute atomic E-state index is 0.0912. The van der Waals surface area contributed by atoms with Crippen LogP contribution in [0.3, 0.4) is 0 Å². The molecule has 0 atom stereocenters. The third-order valence-electron chi connectivity index (χ3n) is 3.88. The van der Waals surface area contributed by atoms with Gasteiger partial charge in [0.2, 0.25) is 5.91 Å². The molecule has 106 valence electrons. The highest BCUT2D eigenvalue weighted by Crippen LogP contribution is 2.19. The minimum atomic E-state index is 0.0912. The molecule has 1 saturated heterocycles. The van der Waals surface area contributed by atoms with Gasteiger partial charge >= 0.3 is 0 Å². The lowest BCUT2D eigenvalue weighted by Crippen LogP contribution is -2.53. The second-order valence-corrected chi connectivity index (χ2v) is 6.57. The van der Waals surface area contributed by atoms with Crippen molar-refractivity contribution >= 4 is 5.91 Å². The number of amides is 1. The smallest absolute Gasteiger partial charge is 0.220 e. The summed E-state index contributed by atoms with van der Waals surface area (Å²) in [5.74, 6) is 0.805. The first-order valence-corrected chi connectivity index (χ1v) is 7.43. The molecule has 0 aromatic heterocycles. The molecule has 18 heavy (non-hydrogen) atoms. The molecule has 3 nitrogen and oxygen atoms in total. The summed E-state index contributed by atoms with van der Waals surface area (Å²) in [6, 6.07) is 0. The topological polar surface area (TPSA) is 32.3 Å². The van der Waals surface area contributed by atoms with Gasteiger partial charge in [-0.15, -0.1) is 0 Å². The van der Waals surface area contributed by atoms with E-state index in [4.69, 9.17) is 0 Å². The largest absolute Gasteiger partial charge is 0.354 e. The van der Waals surface area contributed by atoms with Crippen molar-refractivity contribution in [3.05, 3.63) is 0 Å². The number of nitrogens with zero attached hydrogens (tertiary/aromatic N) is 1. The molecule has 0 saturated carbocycles. The Hall–Kier alpha value is -0.570. The second kappa shape index (κ2) is 7.13. The highest BCUT2D eigenvalue weighted by atomic mass is 16.1. The predicted octanol–water partition coefficient (Wildman–Crippen LogP) is 2.80. The molecular weight excluding hydrogens is 224 g/mol. The molecule has 0 aromatic rings. The fourth-order valence-corrected chi connectivity index (χ4v) is 2.43. The molecule has 0 aromatic carbocycles. The maximum atomic E-state index is 11.7. The van der Waals surface area contributed by atoms with Crippen LogP contribution < -0.4 is 5.32 Å². The monoisotopic (exact) mass is 254 g/mol.